The van der Waals surface area contributed by atoms with Crippen LogP contribution in [0.4, 0.5) is 5.69 Å². The second kappa shape index (κ2) is 5.11. The zero-order chi connectivity index (χ0) is 11.3. The van der Waals surface area contributed by atoms with Crippen molar-refractivity contribution in [2.24, 2.45) is 5.73 Å². The van der Waals surface area contributed by atoms with E-state index in [2.05, 4.69) is 0 Å². The van der Waals surface area contributed by atoms with Gasteiger partial charge < -0.3 is 10.5 Å². The Balaban J connectivity index is 3.11. The van der Waals surface area contributed by atoms with Gasteiger partial charge in [0.25, 0.3) is 5.69 Å². The lowest BCUT2D eigenvalue weighted by Crippen LogP contribution is -1.93. The molecular formula is C10H12N2O3. The third kappa shape index (κ3) is 3.07. The summed E-state index contributed by atoms with van der Waals surface area (Å²) in [5, 5.41) is 10.6. The van der Waals surface area contributed by atoms with Gasteiger partial charge in [-0.05, 0) is 11.6 Å². The van der Waals surface area contributed by atoms with Crippen molar-refractivity contribution in [1.29, 1.82) is 0 Å². The van der Waals surface area contributed by atoms with Crippen molar-refractivity contribution in [2.75, 3.05) is 13.7 Å². The summed E-state index contributed by atoms with van der Waals surface area (Å²) in [5.41, 5.74) is 6.00. The first kappa shape index (κ1) is 11.2. The summed E-state index contributed by atoms with van der Waals surface area (Å²) in [5.74, 6) is 0.459. The molecule has 0 aromatic heterocycles. The Bertz CT molecular complexity index is 388. The number of nitrogens with zero attached hydrogens (tertiary/aromatic N) is 1. The summed E-state index contributed by atoms with van der Waals surface area (Å²) < 4.78 is 4.96. The van der Waals surface area contributed by atoms with Gasteiger partial charge in [0.15, 0.2) is 0 Å². The van der Waals surface area contributed by atoms with Crippen LogP contribution >= 0.6 is 0 Å². The first-order valence-corrected chi connectivity index (χ1v) is 4.37. The summed E-state index contributed by atoms with van der Waals surface area (Å²) in [7, 11) is 1.47. The predicted octanol–water partition coefficient (Wildman–Crippen LogP) is 1.58. The number of hydrogen-bond donors (Lipinski definition) is 1. The van der Waals surface area contributed by atoms with E-state index in [1.165, 1.54) is 19.2 Å². The summed E-state index contributed by atoms with van der Waals surface area (Å²) in [4.78, 5) is 10.1. The van der Waals surface area contributed by atoms with E-state index in [-0.39, 0.29) is 5.69 Å². The normalized spacial score (nSPS) is 10.5. The van der Waals surface area contributed by atoms with Gasteiger partial charge in [0, 0.05) is 12.6 Å². The topological polar surface area (TPSA) is 78.4 Å². The lowest BCUT2D eigenvalue weighted by Gasteiger charge is -2.01. The second-order valence-electron chi connectivity index (χ2n) is 2.86. The minimum absolute atomic E-state index is 0.00558. The first-order chi connectivity index (χ1) is 7.17. The average molecular weight is 208 g/mol. The zero-order valence-corrected chi connectivity index (χ0v) is 8.34. The first-order valence-electron chi connectivity index (χ1n) is 4.37. The standard InChI is InChI=1S/C10H12N2O3/c1-15-10-6-8(3-2-4-11)5-9(7-10)12(13)14/h2-3,5-7H,4,11H2,1H3. The molecule has 0 unspecified atom stereocenters. The molecule has 2 N–H and O–H groups in total. The molecule has 1 aromatic rings. The fraction of sp³-hybridized carbons (Fsp3) is 0.200. The molecule has 0 spiro atoms. The van der Waals surface area contributed by atoms with Gasteiger partial charge in [-0.15, -0.1) is 0 Å². The van der Waals surface area contributed by atoms with Crippen LogP contribution in [0.3, 0.4) is 0 Å². The van der Waals surface area contributed by atoms with Crippen LogP contribution in [0.5, 0.6) is 5.75 Å². The van der Waals surface area contributed by atoms with Crippen LogP contribution in [0.2, 0.25) is 0 Å². The Morgan fingerprint density at radius 3 is 2.80 bits per heavy atom. The highest BCUT2D eigenvalue weighted by Crippen LogP contribution is 2.23. The molecule has 0 amide bonds. The molecule has 0 aliphatic heterocycles. The molecule has 80 valence electrons. The Kier molecular flexibility index (Phi) is 3.82. The molecule has 5 nitrogen and oxygen atoms in total. The Morgan fingerprint density at radius 2 is 2.27 bits per heavy atom. The summed E-state index contributed by atoms with van der Waals surface area (Å²) in [6.07, 6.45) is 3.44. The quantitative estimate of drug-likeness (QED) is 0.601. The minimum atomic E-state index is -0.456. The Hall–Kier alpha value is -1.88. The molecule has 0 aliphatic carbocycles. The van der Waals surface area contributed by atoms with Crippen molar-refractivity contribution >= 4 is 11.8 Å². The predicted molar refractivity (Wildman–Crippen MR) is 57.7 cm³/mol. The molecule has 0 aliphatic rings. The van der Waals surface area contributed by atoms with Crippen molar-refractivity contribution in [3.63, 3.8) is 0 Å². The van der Waals surface area contributed by atoms with Crippen LogP contribution in [0.1, 0.15) is 5.56 Å². The van der Waals surface area contributed by atoms with Gasteiger partial charge in [0.2, 0.25) is 0 Å². The number of ether oxygens (including phenoxy) is 1. The molecule has 0 saturated carbocycles. The van der Waals surface area contributed by atoms with Crippen molar-refractivity contribution < 1.29 is 9.66 Å². The summed E-state index contributed by atoms with van der Waals surface area (Å²) in [6.45, 7) is 0.394. The molecule has 1 aromatic carbocycles. The lowest BCUT2D eigenvalue weighted by molar-refractivity contribution is -0.384. The highest BCUT2D eigenvalue weighted by molar-refractivity contribution is 5.57. The summed E-state index contributed by atoms with van der Waals surface area (Å²) >= 11 is 0. The molecule has 0 radical (unpaired) electrons. The number of methoxy groups -OCH3 is 1. The fourth-order valence-corrected chi connectivity index (χ4v) is 1.13. The number of nitrogens with two attached hydrogens (primary N) is 1. The molecule has 0 atom stereocenters. The fourth-order valence-electron chi connectivity index (χ4n) is 1.13. The van der Waals surface area contributed by atoms with Crippen molar-refractivity contribution in [3.05, 3.63) is 40.0 Å². The van der Waals surface area contributed by atoms with Crippen molar-refractivity contribution in [3.8, 4) is 5.75 Å². The van der Waals surface area contributed by atoms with Gasteiger partial charge in [0.05, 0.1) is 18.1 Å². The number of benzene rings is 1. The number of nitro benzene ring substituents is 1. The highest BCUT2D eigenvalue weighted by atomic mass is 16.6. The third-order valence-electron chi connectivity index (χ3n) is 1.81. The van der Waals surface area contributed by atoms with Crippen molar-refractivity contribution in [2.45, 2.75) is 0 Å². The number of nitro groups is 1. The molecule has 0 bridgehead atoms. The number of rotatable bonds is 4. The van der Waals surface area contributed by atoms with Gasteiger partial charge >= 0.3 is 0 Å². The highest BCUT2D eigenvalue weighted by Gasteiger charge is 2.08. The zero-order valence-electron chi connectivity index (χ0n) is 8.34. The lowest BCUT2D eigenvalue weighted by atomic mass is 10.1. The molecule has 0 saturated heterocycles. The van der Waals surface area contributed by atoms with E-state index in [0.29, 0.717) is 17.9 Å². The van der Waals surface area contributed by atoms with E-state index < -0.39 is 4.92 Å². The summed E-state index contributed by atoms with van der Waals surface area (Å²) in [6, 6.07) is 4.55. The average Bonchev–Trinajstić information content (AvgIpc) is 2.25. The second-order valence-corrected chi connectivity index (χ2v) is 2.86. The van der Waals surface area contributed by atoms with Crippen LogP contribution in [-0.2, 0) is 0 Å². The maximum atomic E-state index is 10.6. The SMILES string of the molecule is COc1cc(C=CCN)cc([N+](=O)[O-])c1. The van der Waals surface area contributed by atoms with Gasteiger partial charge in [-0.3, -0.25) is 10.1 Å². The van der Waals surface area contributed by atoms with Crippen LogP contribution < -0.4 is 10.5 Å². The van der Waals surface area contributed by atoms with Crippen LogP contribution in [0.15, 0.2) is 24.3 Å². The van der Waals surface area contributed by atoms with Gasteiger partial charge in [-0.25, -0.2) is 0 Å². The molecule has 5 heteroatoms. The number of hydrogen-bond acceptors (Lipinski definition) is 4. The van der Waals surface area contributed by atoms with E-state index in [4.69, 9.17) is 10.5 Å². The largest absolute Gasteiger partial charge is 0.496 e. The maximum Gasteiger partial charge on any atom is 0.273 e. The Morgan fingerprint density at radius 1 is 1.53 bits per heavy atom. The Labute approximate surface area is 87.3 Å². The van der Waals surface area contributed by atoms with Gasteiger partial charge in [0.1, 0.15) is 5.75 Å². The van der Waals surface area contributed by atoms with Crippen LogP contribution in [0.25, 0.3) is 6.08 Å². The van der Waals surface area contributed by atoms with Crippen LogP contribution in [-0.4, -0.2) is 18.6 Å². The third-order valence-corrected chi connectivity index (χ3v) is 1.81. The minimum Gasteiger partial charge on any atom is -0.496 e. The smallest absolute Gasteiger partial charge is 0.273 e. The van der Waals surface area contributed by atoms with E-state index in [1.807, 2.05) is 0 Å². The molecule has 1 rings (SSSR count). The van der Waals surface area contributed by atoms with Crippen molar-refractivity contribution in [1.82, 2.24) is 0 Å². The van der Waals surface area contributed by atoms with E-state index >= 15 is 0 Å². The van der Waals surface area contributed by atoms with E-state index in [0.717, 1.165) is 0 Å². The van der Waals surface area contributed by atoms with E-state index in [1.54, 1.807) is 18.2 Å². The number of non-ortho nitro benzene ring substituents is 1. The van der Waals surface area contributed by atoms with Gasteiger partial charge in [-0.1, -0.05) is 12.2 Å². The molecule has 15 heavy (non-hydrogen) atoms. The van der Waals surface area contributed by atoms with Gasteiger partial charge in [-0.2, -0.15) is 0 Å². The molecular weight excluding hydrogens is 196 g/mol. The van der Waals surface area contributed by atoms with Crippen LogP contribution in [0, 0.1) is 10.1 Å². The molecule has 0 heterocycles. The molecule has 0 fully saturated rings. The maximum absolute atomic E-state index is 10.6. The van der Waals surface area contributed by atoms with E-state index in [9.17, 15) is 10.1 Å². The monoisotopic (exact) mass is 208 g/mol.